The van der Waals surface area contributed by atoms with Crippen molar-refractivity contribution in [1.82, 2.24) is 34.7 Å². The highest BCUT2D eigenvalue weighted by molar-refractivity contribution is 6.31. The van der Waals surface area contributed by atoms with Gasteiger partial charge in [-0.2, -0.15) is 0 Å². The predicted molar refractivity (Wildman–Crippen MR) is 261 cm³/mol. The summed E-state index contributed by atoms with van der Waals surface area (Å²) in [5, 5.41) is 32.2. The van der Waals surface area contributed by atoms with Crippen LogP contribution in [0.3, 0.4) is 0 Å². The quantitative estimate of drug-likeness (QED) is 0.139. The molecule has 2 aliphatic heterocycles. The van der Waals surface area contributed by atoms with E-state index >= 15 is 0 Å². The number of rotatable bonds is 7. The summed E-state index contributed by atoms with van der Waals surface area (Å²) in [4.78, 5) is 37.6. The summed E-state index contributed by atoms with van der Waals surface area (Å²) in [6.07, 6.45) is 10.8. The van der Waals surface area contributed by atoms with E-state index in [1.54, 1.807) is 0 Å². The molecule has 2 aliphatic carbocycles. The van der Waals surface area contributed by atoms with Gasteiger partial charge in [-0.1, -0.05) is 40.1 Å². The fraction of sp³-hybridized carbons (Fsp3) is 0.472. The smallest absolute Gasteiger partial charge is 0.227 e. The Morgan fingerprint density at radius 3 is 1.68 bits per heavy atom. The molecule has 2 atom stereocenters. The Kier molecular flexibility index (Phi) is 12.8. The van der Waals surface area contributed by atoms with Crippen LogP contribution in [0.2, 0.25) is 5.02 Å². The zero-order valence-electron chi connectivity index (χ0n) is 39.6. The first-order chi connectivity index (χ1) is 32.8. The van der Waals surface area contributed by atoms with Crippen molar-refractivity contribution >= 4 is 51.2 Å². The first kappa shape index (κ1) is 45.9. The van der Waals surface area contributed by atoms with Crippen LogP contribution >= 0.6 is 11.6 Å². The number of halogens is 1. The Morgan fingerprint density at radius 2 is 1.16 bits per heavy atom. The Labute approximate surface area is 401 Å². The number of nitrogens with zero attached hydrogens (tertiary/aromatic N) is 7. The molecule has 2 amide bonds. The summed E-state index contributed by atoms with van der Waals surface area (Å²) in [7, 11) is 0. The van der Waals surface area contributed by atoms with Gasteiger partial charge in [-0.05, 0) is 165 Å². The van der Waals surface area contributed by atoms with E-state index in [1.165, 1.54) is 0 Å². The van der Waals surface area contributed by atoms with Gasteiger partial charge in [0.2, 0.25) is 11.8 Å². The van der Waals surface area contributed by atoms with E-state index in [0.29, 0.717) is 17.9 Å². The highest BCUT2D eigenvalue weighted by Gasteiger charge is 2.37. The van der Waals surface area contributed by atoms with E-state index in [0.717, 1.165) is 167 Å². The number of piperidine rings is 2. The number of aliphatic hydroxyl groups excluding tert-OH is 2. The molecule has 7 aromatic rings. The molecular formula is C53H61ClN8O6. The van der Waals surface area contributed by atoms with Crippen LogP contribution in [0.15, 0.2) is 63.6 Å². The van der Waals surface area contributed by atoms with E-state index in [1.807, 2.05) is 57.7 Å². The molecule has 0 unspecified atom stereocenters. The van der Waals surface area contributed by atoms with Crippen molar-refractivity contribution in [3.63, 3.8) is 0 Å². The topological polar surface area (TPSA) is 178 Å². The molecule has 14 nitrogen and oxygen atoms in total. The van der Waals surface area contributed by atoms with E-state index in [9.17, 15) is 19.8 Å². The summed E-state index contributed by atoms with van der Waals surface area (Å²) in [5.74, 6) is 3.61. The Morgan fingerprint density at radius 1 is 0.632 bits per heavy atom. The monoisotopic (exact) mass is 940 g/mol. The number of nitrogens with one attached hydrogen (secondary N) is 1. The molecule has 11 rings (SSSR count). The molecule has 3 N–H and O–H groups in total. The van der Waals surface area contributed by atoms with Crippen molar-refractivity contribution in [3.8, 4) is 22.3 Å². The first-order valence-electron chi connectivity index (χ1n) is 24.5. The van der Waals surface area contributed by atoms with E-state index in [4.69, 9.17) is 30.6 Å². The lowest BCUT2D eigenvalue weighted by Crippen LogP contribution is -2.40. The molecule has 6 heterocycles. The summed E-state index contributed by atoms with van der Waals surface area (Å²) in [6.45, 7) is 9.72. The van der Waals surface area contributed by atoms with Gasteiger partial charge in [-0.15, -0.1) is 0 Å². The zero-order valence-corrected chi connectivity index (χ0v) is 40.4. The van der Waals surface area contributed by atoms with Crippen molar-refractivity contribution in [2.75, 3.05) is 4.90 Å². The third-order valence-electron chi connectivity index (χ3n) is 14.9. The molecule has 2 saturated carbocycles. The second-order valence-corrected chi connectivity index (χ2v) is 19.9. The molecule has 356 valence electrons. The average molecular weight is 942 g/mol. The van der Waals surface area contributed by atoms with Crippen LogP contribution in [0.1, 0.15) is 154 Å². The van der Waals surface area contributed by atoms with Gasteiger partial charge in [0.15, 0.2) is 0 Å². The molecule has 0 spiro atoms. The van der Waals surface area contributed by atoms with Crippen molar-refractivity contribution in [1.29, 1.82) is 0 Å². The molecule has 4 aliphatic rings. The molecule has 68 heavy (non-hydrogen) atoms. The standard InChI is InChI=1S/C30H33ClN4O3.C23H28N4O3/c1-17-7-9-22(16-24(17)31)34-27(5-4-6-28(34)37)30-32-25-15-20(29-18(2)33-38-19(29)3)8-14-26(25)35(30)21-10-12-23(36)13-11-21;1-13-22(14(2)30-26-13)15-6-11-20-19(12-15)25-23(18-4-3-5-21(29)24-18)27(20)16-7-9-17(28)10-8-16/h7-9,14-16,21,23,27,36H,4-6,10-13H2,1-3H3;6,11-12,16-18,28H,3-5,7-10H2,1-2H3,(H,24,29)/t21?,23?,27-;16?,17?,18-/m00/s1. The van der Waals surface area contributed by atoms with E-state index in [2.05, 4.69) is 61.2 Å². The lowest BCUT2D eigenvalue weighted by molar-refractivity contribution is -0.123. The van der Waals surface area contributed by atoms with Crippen molar-refractivity contribution < 1.29 is 28.8 Å². The molecule has 0 radical (unpaired) electrons. The number of anilines is 1. The number of fused-ring (bicyclic) bond motifs is 2. The third kappa shape index (κ3) is 8.75. The van der Waals surface area contributed by atoms with Crippen molar-refractivity contribution in [2.45, 2.75) is 161 Å². The van der Waals surface area contributed by atoms with Crippen molar-refractivity contribution in [2.24, 2.45) is 0 Å². The molecular weight excluding hydrogens is 880 g/mol. The third-order valence-corrected chi connectivity index (χ3v) is 15.3. The van der Waals surface area contributed by atoms with Gasteiger partial charge in [0.1, 0.15) is 23.2 Å². The van der Waals surface area contributed by atoms with Gasteiger partial charge < -0.3 is 38.6 Å². The molecule has 2 saturated heterocycles. The SMILES string of the molecule is Cc1ccc(N2C(=O)CCC[C@H]2c2nc3cc(-c4c(C)noc4C)ccc3n2C2CCC(O)CC2)cc1Cl.Cc1noc(C)c1-c1ccc2c(c1)nc([C@@H]1CCCC(=O)N1)n2C1CCC(O)CC1. The number of aryl methyl sites for hydroxylation is 5. The fourth-order valence-electron chi connectivity index (χ4n) is 11.4. The van der Waals surface area contributed by atoms with Crippen LogP contribution in [0, 0.1) is 34.6 Å². The Hall–Kier alpha value is -5.83. The number of carbonyl (C=O) groups is 2. The van der Waals surface area contributed by atoms with Crippen LogP contribution in [0.5, 0.6) is 0 Å². The first-order valence-corrected chi connectivity index (χ1v) is 24.8. The second kappa shape index (κ2) is 18.9. The maximum Gasteiger partial charge on any atom is 0.227 e. The van der Waals surface area contributed by atoms with Gasteiger partial charge in [0.05, 0.1) is 57.7 Å². The molecule has 4 fully saturated rings. The van der Waals surface area contributed by atoms with Crippen LogP contribution in [0.4, 0.5) is 5.69 Å². The highest BCUT2D eigenvalue weighted by atomic mass is 35.5. The van der Waals surface area contributed by atoms with E-state index < -0.39 is 0 Å². The minimum Gasteiger partial charge on any atom is -0.393 e. The largest absolute Gasteiger partial charge is 0.393 e. The summed E-state index contributed by atoms with van der Waals surface area (Å²) >= 11 is 6.50. The van der Waals surface area contributed by atoms with Gasteiger partial charge in [-0.3, -0.25) is 9.59 Å². The normalized spacial score (nSPS) is 23.5. The Bertz CT molecular complexity index is 2970. The summed E-state index contributed by atoms with van der Waals surface area (Å²) < 4.78 is 15.5. The number of aliphatic hydroxyl groups is 2. The van der Waals surface area contributed by atoms with Crippen LogP contribution in [-0.2, 0) is 9.59 Å². The minimum absolute atomic E-state index is 0.0620. The lowest BCUT2D eigenvalue weighted by atomic mass is 9.92. The van der Waals surface area contributed by atoms with Crippen LogP contribution in [-0.4, -0.2) is 63.7 Å². The number of aromatic nitrogens is 6. The maximum atomic E-state index is 13.4. The Balaban J connectivity index is 0.000000163. The second-order valence-electron chi connectivity index (χ2n) is 19.5. The van der Waals surface area contributed by atoms with Crippen molar-refractivity contribution in [3.05, 3.63) is 99.7 Å². The molecule has 15 heteroatoms. The summed E-state index contributed by atoms with van der Waals surface area (Å²) in [6, 6.07) is 18.8. The number of benzene rings is 3. The number of carbonyl (C=O) groups excluding carboxylic acids is 2. The predicted octanol–water partition coefficient (Wildman–Crippen LogP) is 11.1. The van der Waals surface area contributed by atoms with Crippen LogP contribution in [0.25, 0.3) is 44.3 Å². The number of amides is 2. The fourth-order valence-corrected chi connectivity index (χ4v) is 11.6. The average Bonchev–Trinajstić information content (AvgIpc) is 4.09. The lowest BCUT2D eigenvalue weighted by Gasteiger charge is -2.37. The van der Waals surface area contributed by atoms with Gasteiger partial charge in [0.25, 0.3) is 0 Å². The molecule has 0 bridgehead atoms. The summed E-state index contributed by atoms with van der Waals surface area (Å²) in [5.41, 5.74) is 11.5. The number of hydrogen-bond donors (Lipinski definition) is 3. The number of imidazole rings is 2. The minimum atomic E-state index is -0.252. The van der Waals surface area contributed by atoms with Gasteiger partial charge in [-0.25, -0.2) is 9.97 Å². The maximum absolute atomic E-state index is 13.4. The van der Waals surface area contributed by atoms with Gasteiger partial charge >= 0.3 is 0 Å². The van der Waals surface area contributed by atoms with Gasteiger partial charge in [0, 0.05) is 46.8 Å². The molecule has 3 aromatic carbocycles. The highest BCUT2D eigenvalue weighted by Crippen LogP contribution is 2.43. The zero-order chi connectivity index (χ0) is 47.4. The molecule has 4 aromatic heterocycles. The number of hydrogen-bond acceptors (Lipinski definition) is 10. The van der Waals surface area contributed by atoms with Crippen LogP contribution < -0.4 is 10.2 Å². The van der Waals surface area contributed by atoms with E-state index in [-0.39, 0.29) is 48.2 Å².